The fourth-order valence-electron chi connectivity index (χ4n) is 4.27. The van der Waals surface area contributed by atoms with Gasteiger partial charge in [-0.25, -0.2) is 0 Å². The summed E-state index contributed by atoms with van der Waals surface area (Å²) >= 11 is 0. The highest BCUT2D eigenvalue weighted by molar-refractivity contribution is 5.79. The van der Waals surface area contributed by atoms with Gasteiger partial charge in [-0.3, -0.25) is 4.79 Å². The van der Waals surface area contributed by atoms with Crippen LogP contribution in [-0.2, 0) is 4.79 Å². The maximum Gasteiger partial charge on any atom is 0.225 e. The molecule has 3 fully saturated rings. The van der Waals surface area contributed by atoms with Gasteiger partial charge in [0.05, 0.1) is 0 Å². The molecule has 1 spiro atoms. The van der Waals surface area contributed by atoms with Crippen molar-refractivity contribution in [1.82, 2.24) is 10.2 Å². The minimum atomic E-state index is 0.347. The fraction of sp³-hybridized carbons (Fsp3) is 0.938. The molecule has 0 atom stereocenters. The SMILES string of the molecule is O=C(C1CCCCCC1)N1CCC2(CCNCC2)C1. The summed E-state index contributed by atoms with van der Waals surface area (Å²) in [5.41, 5.74) is 0.464. The Morgan fingerprint density at radius 3 is 2.37 bits per heavy atom. The van der Waals surface area contributed by atoms with Gasteiger partial charge in [-0.2, -0.15) is 0 Å². The fourth-order valence-corrected chi connectivity index (χ4v) is 4.27. The zero-order chi connectivity index (χ0) is 13.1. The maximum absolute atomic E-state index is 12.7. The minimum Gasteiger partial charge on any atom is -0.342 e. The smallest absolute Gasteiger partial charge is 0.225 e. The van der Waals surface area contributed by atoms with Crippen molar-refractivity contribution in [2.24, 2.45) is 11.3 Å². The largest absolute Gasteiger partial charge is 0.342 e. The van der Waals surface area contributed by atoms with E-state index < -0.39 is 0 Å². The van der Waals surface area contributed by atoms with E-state index in [1.54, 1.807) is 0 Å². The summed E-state index contributed by atoms with van der Waals surface area (Å²) in [7, 11) is 0. The first-order chi connectivity index (χ1) is 9.29. The number of nitrogens with zero attached hydrogens (tertiary/aromatic N) is 1. The van der Waals surface area contributed by atoms with Crippen LogP contribution in [0.1, 0.15) is 57.8 Å². The van der Waals surface area contributed by atoms with E-state index in [1.165, 1.54) is 44.9 Å². The molecule has 1 N–H and O–H groups in total. The molecule has 1 saturated carbocycles. The highest BCUT2D eigenvalue weighted by Gasteiger charge is 2.41. The molecule has 0 aromatic carbocycles. The van der Waals surface area contributed by atoms with E-state index in [2.05, 4.69) is 10.2 Å². The Kier molecular flexibility index (Phi) is 4.11. The van der Waals surface area contributed by atoms with Crippen LogP contribution in [0.4, 0.5) is 0 Å². The lowest BCUT2D eigenvalue weighted by Gasteiger charge is -2.34. The van der Waals surface area contributed by atoms with Crippen molar-refractivity contribution in [3.8, 4) is 0 Å². The number of hydrogen-bond acceptors (Lipinski definition) is 2. The van der Waals surface area contributed by atoms with Crippen molar-refractivity contribution in [2.45, 2.75) is 57.8 Å². The molecular formula is C16H28N2O. The van der Waals surface area contributed by atoms with Gasteiger partial charge in [-0.1, -0.05) is 25.7 Å². The molecule has 2 saturated heterocycles. The van der Waals surface area contributed by atoms with Crippen LogP contribution in [0.2, 0.25) is 0 Å². The van der Waals surface area contributed by atoms with Crippen LogP contribution in [0.5, 0.6) is 0 Å². The second-order valence-corrected chi connectivity index (χ2v) is 6.95. The number of rotatable bonds is 1. The monoisotopic (exact) mass is 264 g/mol. The highest BCUT2D eigenvalue weighted by Crippen LogP contribution is 2.39. The van der Waals surface area contributed by atoms with Gasteiger partial charge >= 0.3 is 0 Å². The van der Waals surface area contributed by atoms with Crippen LogP contribution in [0, 0.1) is 11.3 Å². The molecule has 2 aliphatic heterocycles. The van der Waals surface area contributed by atoms with Crippen LogP contribution in [-0.4, -0.2) is 37.0 Å². The summed E-state index contributed by atoms with van der Waals surface area (Å²) in [6, 6.07) is 0. The lowest BCUT2D eigenvalue weighted by Crippen LogP contribution is -2.41. The van der Waals surface area contributed by atoms with Crippen LogP contribution in [0.25, 0.3) is 0 Å². The number of likely N-dealkylation sites (tertiary alicyclic amines) is 1. The Balaban J connectivity index is 1.58. The van der Waals surface area contributed by atoms with Gasteiger partial charge in [0.15, 0.2) is 0 Å². The number of piperidine rings is 1. The molecule has 19 heavy (non-hydrogen) atoms. The molecule has 2 heterocycles. The van der Waals surface area contributed by atoms with E-state index in [0.717, 1.165) is 39.0 Å². The van der Waals surface area contributed by atoms with Gasteiger partial charge in [0, 0.05) is 19.0 Å². The third-order valence-electron chi connectivity index (χ3n) is 5.62. The summed E-state index contributed by atoms with van der Waals surface area (Å²) in [4.78, 5) is 14.9. The second kappa shape index (κ2) is 5.82. The number of amides is 1. The van der Waals surface area contributed by atoms with E-state index in [0.29, 0.717) is 17.2 Å². The van der Waals surface area contributed by atoms with Crippen molar-refractivity contribution in [3.05, 3.63) is 0 Å². The zero-order valence-electron chi connectivity index (χ0n) is 12.1. The quantitative estimate of drug-likeness (QED) is 0.738. The average Bonchev–Trinajstić information content (AvgIpc) is 2.67. The third kappa shape index (κ3) is 2.96. The molecule has 3 rings (SSSR count). The van der Waals surface area contributed by atoms with Crippen LogP contribution >= 0.6 is 0 Å². The normalized spacial score (nSPS) is 28.5. The lowest BCUT2D eigenvalue weighted by molar-refractivity contribution is -0.135. The van der Waals surface area contributed by atoms with E-state index >= 15 is 0 Å². The molecule has 0 aromatic heterocycles. The molecule has 3 heteroatoms. The molecule has 3 aliphatic rings. The molecule has 3 nitrogen and oxygen atoms in total. The van der Waals surface area contributed by atoms with Gasteiger partial charge in [-0.15, -0.1) is 0 Å². The number of carbonyl (C=O) groups excluding carboxylic acids is 1. The van der Waals surface area contributed by atoms with Gasteiger partial charge in [0.25, 0.3) is 0 Å². The molecule has 0 radical (unpaired) electrons. The van der Waals surface area contributed by atoms with E-state index in [9.17, 15) is 4.79 Å². The summed E-state index contributed by atoms with van der Waals surface area (Å²) in [6.45, 7) is 4.36. The van der Waals surface area contributed by atoms with E-state index in [-0.39, 0.29) is 0 Å². The molecule has 108 valence electrons. The molecular weight excluding hydrogens is 236 g/mol. The second-order valence-electron chi connectivity index (χ2n) is 6.95. The van der Waals surface area contributed by atoms with Gasteiger partial charge in [0.2, 0.25) is 5.91 Å². The average molecular weight is 264 g/mol. The first-order valence-electron chi connectivity index (χ1n) is 8.29. The Bertz CT molecular complexity index is 315. The van der Waals surface area contributed by atoms with Crippen molar-refractivity contribution in [3.63, 3.8) is 0 Å². The predicted molar refractivity (Wildman–Crippen MR) is 76.9 cm³/mol. The van der Waals surface area contributed by atoms with Crippen molar-refractivity contribution in [2.75, 3.05) is 26.2 Å². The van der Waals surface area contributed by atoms with Gasteiger partial charge in [-0.05, 0) is 50.6 Å². The Morgan fingerprint density at radius 2 is 1.68 bits per heavy atom. The molecule has 0 bridgehead atoms. The Hall–Kier alpha value is -0.570. The first kappa shape index (κ1) is 13.4. The number of nitrogens with one attached hydrogen (secondary N) is 1. The van der Waals surface area contributed by atoms with Crippen molar-refractivity contribution in [1.29, 1.82) is 0 Å². The summed E-state index contributed by atoms with van der Waals surface area (Å²) < 4.78 is 0. The predicted octanol–water partition coefficient (Wildman–Crippen LogP) is 2.56. The lowest BCUT2D eigenvalue weighted by atomic mass is 9.78. The standard InChI is InChI=1S/C16H28N2O/c19-15(14-5-3-1-2-4-6-14)18-12-9-16(13-18)7-10-17-11-8-16/h14,17H,1-13H2. The maximum atomic E-state index is 12.7. The molecule has 1 amide bonds. The van der Waals surface area contributed by atoms with Crippen molar-refractivity contribution < 1.29 is 4.79 Å². The number of carbonyl (C=O) groups is 1. The van der Waals surface area contributed by atoms with Crippen LogP contribution < -0.4 is 5.32 Å². The third-order valence-corrected chi connectivity index (χ3v) is 5.62. The van der Waals surface area contributed by atoms with E-state index in [4.69, 9.17) is 0 Å². The summed E-state index contributed by atoms with van der Waals surface area (Å²) in [5, 5.41) is 3.45. The summed E-state index contributed by atoms with van der Waals surface area (Å²) in [5.74, 6) is 0.830. The Morgan fingerprint density at radius 1 is 1.00 bits per heavy atom. The minimum absolute atomic E-state index is 0.347. The summed E-state index contributed by atoms with van der Waals surface area (Å²) in [6.07, 6.45) is 11.3. The van der Waals surface area contributed by atoms with Crippen molar-refractivity contribution >= 4 is 5.91 Å². The topological polar surface area (TPSA) is 32.3 Å². The van der Waals surface area contributed by atoms with Gasteiger partial charge in [0.1, 0.15) is 0 Å². The van der Waals surface area contributed by atoms with Crippen LogP contribution in [0.15, 0.2) is 0 Å². The molecule has 1 aliphatic carbocycles. The molecule has 0 unspecified atom stereocenters. The van der Waals surface area contributed by atoms with Crippen LogP contribution in [0.3, 0.4) is 0 Å². The van der Waals surface area contributed by atoms with Gasteiger partial charge < -0.3 is 10.2 Å². The Labute approximate surface area is 117 Å². The highest BCUT2D eigenvalue weighted by atomic mass is 16.2. The van der Waals surface area contributed by atoms with E-state index in [1.807, 2.05) is 0 Å². The zero-order valence-corrected chi connectivity index (χ0v) is 12.1. The molecule has 0 aromatic rings. The number of hydrogen-bond donors (Lipinski definition) is 1. The first-order valence-corrected chi connectivity index (χ1v) is 8.29.